The van der Waals surface area contributed by atoms with Crippen molar-refractivity contribution in [1.82, 2.24) is 0 Å². The first-order valence-corrected chi connectivity index (χ1v) is 13.6. The SMILES string of the molecule is C=C(C(C)Cl)[N+]1(CC#Cc2ccc(C#CC[N+]3(C(=C)C(C)Cl)CCCCC3)cc2)CCCCC1.[Cl-].[Cl-]. The molecule has 0 aromatic heterocycles. The van der Waals surface area contributed by atoms with Gasteiger partial charge < -0.3 is 24.8 Å². The highest BCUT2D eigenvalue weighted by Gasteiger charge is 2.35. The van der Waals surface area contributed by atoms with Crippen LogP contribution in [0.5, 0.6) is 0 Å². The van der Waals surface area contributed by atoms with Crippen LogP contribution in [0.25, 0.3) is 0 Å². The van der Waals surface area contributed by atoms with E-state index in [4.69, 9.17) is 23.2 Å². The van der Waals surface area contributed by atoms with E-state index in [-0.39, 0.29) is 35.6 Å². The molecule has 0 N–H and O–H groups in total. The third kappa shape index (κ3) is 8.46. The van der Waals surface area contributed by atoms with Crippen molar-refractivity contribution in [3.8, 4) is 23.7 Å². The number of alkyl halides is 2. The van der Waals surface area contributed by atoms with Crippen molar-refractivity contribution in [2.75, 3.05) is 39.3 Å². The normalized spacial score (nSPS) is 19.4. The monoisotopic (exact) mass is 568 g/mol. The fraction of sp³-hybridized carbons (Fsp3) is 0.533. The zero-order valence-electron chi connectivity index (χ0n) is 21.8. The molecule has 2 nitrogen and oxygen atoms in total. The maximum atomic E-state index is 6.41. The fourth-order valence-electron chi connectivity index (χ4n) is 5.31. The summed E-state index contributed by atoms with van der Waals surface area (Å²) in [5.41, 5.74) is 4.24. The summed E-state index contributed by atoms with van der Waals surface area (Å²) in [6.45, 7) is 18.6. The summed E-state index contributed by atoms with van der Waals surface area (Å²) in [5.74, 6) is 13.6. The third-order valence-electron chi connectivity index (χ3n) is 7.60. The number of benzene rings is 1. The molecule has 2 aliphatic heterocycles. The van der Waals surface area contributed by atoms with Gasteiger partial charge in [0.1, 0.15) is 35.2 Å². The number of rotatable bonds is 6. The zero-order valence-corrected chi connectivity index (χ0v) is 24.8. The molecule has 0 amide bonds. The molecule has 3 rings (SSSR count). The van der Waals surface area contributed by atoms with Gasteiger partial charge in [-0.2, -0.15) is 0 Å². The number of hydrogen-bond acceptors (Lipinski definition) is 0. The second-order valence-electron chi connectivity index (χ2n) is 10.0. The minimum Gasteiger partial charge on any atom is -1.00 e. The maximum absolute atomic E-state index is 6.41. The summed E-state index contributed by atoms with van der Waals surface area (Å²) in [7, 11) is 0. The molecule has 2 atom stereocenters. The summed E-state index contributed by atoms with van der Waals surface area (Å²) in [5, 5.41) is -0.0668. The standard InChI is InChI=1S/C30H40Cl2N2.2ClH/c1-25(31)27(3)33(19-7-5-8-20-33)23-11-13-29-15-17-30(18-16-29)14-12-24-34(28(4)26(2)32)21-9-6-10-22-34;;/h15-18,25-26H,3-10,19-24H2,1-2H3;2*1H/q+2;;/p-2. The van der Waals surface area contributed by atoms with E-state index in [0.29, 0.717) is 0 Å². The van der Waals surface area contributed by atoms with Crippen molar-refractivity contribution in [2.24, 2.45) is 0 Å². The van der Waals surface area contributed by atoms with Gasteiger partial charge in [-0.1, -0.05) is 11.8 Å². The van der Waals surface area contributed by atoms with E-state index in [2.05, 4.69) is 61.1 Å². The summed E-state index contributed by atoms with van der Waals surface area (Å²) >= 11 is 12.8. The van der Waals surface area contributed by atoms with E-state index in [1.54, 1.807) is 0 Å². The van der Waals surface area contributed by atoms with Crippen LogP contribution in [-0.2, 0) is 0 Å². The van der Waals surface area contributed by atoms with Crippen LogP contribution in [0.2, 0.25) is 0 Å². The van der Waals surface area contributed by atoms with Gasteiger partial charge in [-0.15, -0.1) is 23.2 Å². The molecular formula is C30H40Cl4N2. The van der Waals surface area contributed by atoms with Crippen LogP contribution in [0, 0.1) is 23.7 Å². The van der Waals surface area contributed by atoms with Gasteiger partial charge in [-0.25, -0.2) is 0 Å². The Bertz CT molecular complexity index is 897. The number of allylic oxidation sites excluding steroid dienone is 2. The molecule has 2 heterocycles. The second-order valence-corrected chi connectivity index (χ2v) is 11.3. The summed E-state index contributed by atoms with van der Waals surface area (Å²) in [4.78, 5) is 0. The van der Waals surface area contributed by atoms with Crippen molar-refractivity contribution in [2.45, 2.75) is 63.1 Å². The van der Waals surface area contributed by atoms with Gasteiger partial charge in [-0.3, -0.25) is 8.97 Å². The Morgan fingerprint density at radius 3 is 1.28 bits per heavy atom. The van der Waals surface area contributed by atoms with Gasteiger partial charge in [0.2, 0.25) is 0 Å². The molecule has 2 saturated heterocycles. The molecule has 0 saturated carbocycles. The lowest BCUT2D eigenvalue weighted by molar-refractivity contribution is -0.890. The van der Waals surface area contributed by atoms with Crippen LogP contribution in [-0.4, -0.2) is 59.0 Å². The van der Waals surface area contributed by atoms with Gasteiger partial charge >= 0.3 is 0 Å². The Labute approximate surface area is 242 Å². The van der Waals surface area contributed by atoms with E-state index < -0.39 is 0 Å². The molecule has 2 unspecified atom stereocenters. The average Bonchev–Trinajstić information content (AvgIpc) is 2.85. The molecule has 2 aliphatic rings. The number of nitrogens with zero attached hydrogens (tertiary/aromatic N) is 2. The maximum Gasteiger partial charge on any atom is 0.145 e. The molecule has 0 aliphatic carbocycles. The quantitative estimate of drug-likeness (QED) is 0.268. The summed E-state index contributed by atoms with van der Waals surface area (Å²) in [6, 6.07) is 8.28. The van der Waals surface area contributed by atoms with Gasteiger partial charge in [0, 0.05) is 11.1 Å². The highest BCUT2D eigenvalue weighted by atomic mass is 35.5. The Balaban J connectivity index is 0.00000324. The fourth-order valence-corrected chi connectivity index (χ4v) is 5.72. The molecule has 0 radical (unpaired) electrons. The topological polar surface area (TPSA) is 0 Å². The predicted molar refractivity (Wildman–Crippen MR) is 147 cm³/mol. The number of halogens is 4. The molecular weight excluding hydrogens is 530 g/mol. The van der Waals surface area contributed by atoms with Crippen LogP contribution in [0.15, 0.2) is 48.8 Å². The molecule has 6 heteroatoms. The molecule has 1 aromatic rings. The smallest absolute Gasteiger partial charge is 0.145 e. The Kier molecular flexibility index (Phi) is 14.0. The van der Waals surface area contributed by atoms with Gasteiger partial charge in [0.15, 0.2) is 0 Å². The van der Waals surface area contributed by atoms with Crippen LogP contribution < -0.4 is 24.8 Å². The van der Waals surface area contributed by atoms with Crippen LogP contribution in [0.3, 0.4) is 0 Å². The van der Waals surface area contributed by atoms with Crippen LogP contribution in [0.1, 0.15) is 63.5 Å². The van der Waals surface area contributed by atoms with E-state index in [9.17, 15) is 0 Å². The van der Waals surface area contributed by atoms with Crippen molar-refractivity contribution in [3.05, 3.63) is 59.9 Å². The minimum absolute atomic E-state index is 0. The summed E-state index contributed by atoms with van der Waals surface area (Å²) < 4.78 is 1.68. The summed E-state index contributed by atoms with van der Waals surface area (Å²) in [6.07, 6.45) is 7.45. The van der Waals surface area contributed by atoms with Crippen molar-refractivity contribution >= 4 is 23.2 Å². The average molecular weight is 570 g/mol. The van der Waals surface area contributed by atoms with E-state index >= 15 is 0 Å². The Hall–Kier alpha value is -1.10. The molecule has 198 valence electrons. The number of hydrogen-bond donors (Lipinski definition) is 0. The molecule has 0 bridgehead atoms. The van der Waals surface area contributed by atoms with Gasteiger partial charge in [-0.05, 0) is 102 Å². The van der Waals surface area contributed by atoms with E-state index in [0.717, 1.165) is 70.8 Å². The lowest BCUT2D eigenvalue weighted by Gasteiger charge is -2.41. The first-order valence-electron chi connectivity index (χ1n) is 12.7. The zero-order chi connectivity index (χ0) is 24.6. The van der Waals surface area contributed by atoms with E-state index in [1.165, 1.54) is 38.5 Å². The largest absolute Gasteiger partial charge is 1.00 e. The number of piperidine rings is 2. The third-order valence-corrected chi connectivity index (χ3v) is 8.10. The van der Waals surface area contributed by atoms with Crippen LogP contribution >= 0.6 is 23.2 Å². The Morgan fingerprint density at radius 1 is 0.694 bits per heavy atom. The second kappa shape index (κ2) is 15.3. The first-order chi connectivity index (χ1) is 16.3. The lowest BCUT2D eigenvalue weighted by atomic mass is 10.0. The molecule has 0 spiro atoms. The predicted octanol–water partition coefficient (Wildman–Crippen LogP) is 0.681. The van der Waals surface area contributed by atoms with Crippen molar-refractivity contribution in [3.63, 3.8) is 0 Å². The highest BCUT2D eigenvalue weighted by Crippen LogP contribution is 2.29. The molecule has 1 aromatic carbocycles. The van der Waals surface area contributed by atoms with Crippen LogP contribution in [0.4, 0.5) is 0 Å². The van der Waals surface area contributed by atoms with Crippen molar-refractivity contribution in [1.29, 1.82) is 0 Å². The van der Waals surface area contributed by atoms with Crippen molar-refractivity contribution < 1.29 is 33.8 Å². The lowest BCUT2D eigenvalue weighted by Crippen LogP contribution is -3.00. The van der Waals surface area contributed by atoms with Gasteiger partial charge in [0.05, 0.1) is 26.2 Å². The minimum atomic E-state index is -0.0334. The number of quaternary nitrogens is 2. The molecule has 36 heavy (non-hydrogen) atoms. The first kappa shape index (κ1) is 32.9. The van der Waals surface area contributed by atoms with E-state index in [1.807, 2.05) is 13.8 Å². The number of likely N-dealkylation sites (tertiary alicyclic amines) is 2. The highest BCUT2D eigenvalue weighted by molar-refractivity contribution is 6.22. The molecule has 2 fully saturated rings. The Morgan fingerprint density at radius 2 is 1.00 bits per heavy atom. The van der Waals surface area contributed by atoms with Gasteiger partial charge in [0.25, 0.3) is 0 Å².